The van der Waals surface area contributed by atoms with E-state index < -0.39 is 38.5 Å². The Labute approximate surface area is 119 Å². The van der Waals surface area contributed by atoms with Crippen molar-refractivity contribution in [2.45, 2.75) is 24.0 Å². The van der Waals surface area contributed by atoms with Crippen molar-refractivity contribution in [3.8, 4) is 0 Å². The van der Waals surface area contributed by atoms with Crippen LogP contribution in [0.1, 0.15) is 12.5 Å². The zero-order valence-corrected chi connectivity index (χ0v) is 11.9. The monoisotopic (exact) mass is 326 g/mol. The number of rotatable bonds is 2. The Kier molecular flexibility index (Phi) is 4.27. The highest BCUT2D eigenvalue weighted by molar-refractivity contribution is 7.89. The third kappa shape index (κ3) is 3.19. The molecular weight excluding hydrogens is 312 g/mol. The largest absolute Gasteiger partial charge is 0.417 e. The minimum Gasteiger partial charge on any atom is -0.314 e. The number of benzene rings is 1. The molecule has 0 radical (unpaired) electrons. The number of hydrogen-bond acceptors (Lipinski definition) is 3. The van der Waals surface area contributed by atoms with Gasteiger partial charge in [-0.2, -0.15) is 17.5 Å². The molecule has 0 aliphatic carbocycles. The second kappa shape index (κ2) is 5.54. The lowest BCUT2D eigenvalue weighted by atomic mass is 10.2. The van der Waals surface area contributed by atoms with Gasteiger partial charge in [0, 0.05) is 25.7 Å². The highest BCUT2D eigenvalue weighted by atomic mass is 32.2. The molecule has 9 heteroatoms. The Morgan fingerprint density at radius 1 is 1.33 bits per heavy atom. The van der Waals surface area contributed by atoms with Crippen molar-refractivity contribution >= 4 is 10.0 Å². The van der Waals surface area contributed by atoms with Crippen LogP contribution in [0.15, 0.2) is 23.1 Å². The van der Waals surface area contributed by atoms with Crippen molar-refractivity contribution < 1.29 is 26.0 Å². The second-order valence-electron chi connectivity index (χ2n) is 4.81. The van der Waals surface area contributed by atoms with E-state index in [1.165, 1.54) is 0 Å². The molecule has 0 amide bonds. The smallest absolute Gasteiger partial charge is 0.314 e. The first kappa shape index (κ1) is 16.2. The molecule has 2 rings (SSSR count). The zero-order chi connectivity index (χ0) is 15.8. The first-order valence-corrected chi connectivity index (χ1v) is 7.67. The summed E-state index contributed by atoms with van der Waals surface area (Å²) in [5, 5.41) is 2.95. The fourth-order valence-electron chi connectivity index (χ4n) is 2.25. The summed E-state index contributed by atoms with van der Waals surface area (Å²) in [6.07, 6.45) is -4.94. The van der Waals surface area contributed by atoms with Gasteiger partial charge < -0.3 is 5.32 Å². The lowest BCUT2D eigenvalue weighted by molar-refractivity contribution is -0.140. The van der Waals surface area contributed by atoms with Gasteiger partial charge in [-0.25, -0.2) is 12.8 Å². The molecule has 0 spiro atoms. The second-order valence-corrected chi connectivity index (χ2v) is 6.67. The number of halogens is 4. The Morgan fingerprint density at radius 3 is 2.57 bits per heavy atom. The summed E-state index contributed by atoms with van der Waals surface area (Å²) in [6, 6.07) is 1.12. The van der Waals surface area contributed by atoms with E-state index in [1.54, 1.807) is 6.92 Å². The highest BCUT2D eigenvalue weighted by Crippen LogP contribution is 2.36. The van der Waals surface area contributed by atoms with Gasteiger partial charge in [-0.05, 0) is 25.1 Å². The van der Waals surface area contributed by atoms with Crippen LogP contribution < -0.4 is 5.32 Å². The molecule has 4 nitrogen and oxygen atoms in total. The van der Waals surface area contributed by atoms with E-state index in [1.807, 2.05) is 0 Å². The standard InChI is InChI=1S/C12H14F4N2O2S/c1-8-7-17-4-5-18(8)21(19,20)11-3-2-9(13)6-10(11)12(14,15)16/h2-3,6,8,17H,4-5,7H2,1H3. The Balaban J connectivity index is 2.54. The number of hydrogen-bond donors (Lipinski definition) is 1. The molecule has 0 aromatic heterocycles. The van der Waals surface area contributed by atoms with E-state index in [0.29, 0.717) is 19.2 Å². The topological polar surface area (TPSA) is 49.4 Å². The number of piperazine rings is 1. The van der Waals surface area contributed by atoms with Crippen molar-refractivity contribution in [1.82, 2.24) is 9.62 Å². The van der Waals surface area contributed by atoms with Crippen LogP contribution in [0, 0.1) is 5.82 Å². The molecule has 1 heterocycles. The molecular formula is C12H14F4N2O2S. The Morgan fingerprint density at radius 2 is 2.00 bits per heavy atom. The van der Waals surface area contributed by atoms with Crippen LogP contribution >= 0.6 is 0 Å². The number of sulfonamides is 1. The summed E-state index contributed by atoms with van der Waals surface area (Å²) in [7, 11) is -4.34. The van der Waals surface area contributed by atoms with E-state index >= 15 is 0 Å². The van der Waals surface area contributed by atoms with E-state index in [9.17, 15) is 26.0 Å². The fourth-order valence-corrected chi connectivity index (χ4v) is 4.08. The normalized spacial score (nSPS) is 21.5. The van der Waals surface area contributed by atoms with Crippen molar-refractivity contribution in [3.05, 3.63) is 29.6 Å². The van der Waals surface area contributed by atoms with Crippen LogP contribution in [0.2, 0.25) is 0 Å². The van der Waals surface area contributed by atoms with Gasteiger partial charge in [0.25, 0.3) is 0 Å². The molecule has 1 aromatic rings. The summed E-state index contributed by atoms with van der Waals surface area (Å²) in [5.41, 5.74) is -1.48. The minimum atomic E-state index is -4.94. The summed E-state index contributed by atoms with van der Waals surface area (Å²) in [6.45, 7) is 2.37. The molecule has 1 fully saturated rings. The molecule has 1 aliphatic heterocycles. The maximum absolute atomic E-state index is 13.1. The lowest BCUT2D eigenvalue weighted by Crippen LogP contribution is -2.52. The first-order chi connectivity index (χ1) is 9.64. The predicted molar refractivity (Wildman–Crippen MR) is 67.6 cm³/mol. The van der Waals surface area contributed by atoms with Gasteiger partial charge in [-0.3, -0.25) is 0 Å². The minimum absolute atomic E-state index is 0.0676. The molecule has 0 saturated carbocycles. The molecule has 1 N–H and O–H groups in total. The van der Waals surface area contributed by atoms with E-state index in [4.69, 9.17) is 0 Å². The van der Waals surface area contributed by atoms with Crippen molar-refractivity contribution in [1.29, 1.82) is 0 Å². The number of nitrogens with one attached hydrogen (secondary N) is 1. The van der Waals surface area contributed by atoms with E-state index in [0.717, 1.165) is 10.4 Å². The Bertz CT molecular complexity index is 631. The molecule has 118 valence electrons. The molecule has 1 atom stereocenters. The fraction of sp³-hybridized carbons (Fsp3) is 0.500. The summed E-state index contributed by atoms with van der Waals surface area (Å²) in [5.74, 6) is -1.13. The average Bonchev–Trinajstić information content (AvgIpc) is 2.37. The maximum Gasteiger partial charge on any atom is 0.417 e. The number of alkyl halides is 3. The summed E-state index contributed by atoms with van der Waals surface area (Å²) < 4.78 is 77.9. The van der Waals surface area contributed by atoms with Gasteiger partial charge in [0.05, 0.1) is 10.5 Å². The van der Waals surface area contributed by atoms with E-state index in [2.05, 4.69) is 5.32 Å². The maximum atomic E-state index is 13.1. The highest BCUT2D eigenvalue weighted by Gasteiger charge is 2.40. The lowest BCUT2D eigenvalue weighted by Gasteiger charge is -2.33. The molecule has 21 heavy (non-hydrogen) atoms. The van der Waals surface area contributed by atoms with Crippen LogP contribution in [0.25, 0.3) is 0 Å². The van der Waals surface area contributed by atoms with Crippen LogP contribution in [0.3, 0.4) is 0 Å². The Hall–Kier alpha value is -1.19. The van der Waals surface area contributed by atoms with Gasteiger partial charge in [0.15, 0.2) is 0 Å². The summed E-state index contributed by atoms with van der Waals surface area (Å²) in [4.78, 5) is -0.912. The average molecular weight is 326 g/mol. The zero-order valence-electron chi connectivity index (χ0n) is 11.1. The third-order valence-corrected chi connectivity index (χ3v) is 5.35. The first-order valence-electron chi connectivity index (χ1n) is 6.23. The van der Waals surface area contributed by atoms with E-state index in [-0.39, 0.29) is 12.6 Å². The summed E-state index contributed by atoms with van der Waals surface area (Å²) >= 11 is 0. The van der Waals surface area contributed by atoms with Crippen molar-refractivity contribution in [3.63, 3.8) is 0 Å². The molecule has 1 unspecified atom stereocenters. The molecule has 1 aromatic carbocycles. The van der Waals surface area contributed by atoms with Crippen LogP contribution in [-0.2, 0) is 16.2 Å². The third-order valence-electron chi connectivity index (χ3n) is 3.27. The molecule has 1 saturated heterocycles. The van der Waals surface area contributed by atoms with Crippen LogP contribution in [0.4, 0.5) is 17.6 Å². The van der Waals surface area contributed by atoms with Crippen LogP contribution in [-0.4, -0.2) is 38.4 Å². The quantitative estimate of drug-likeness (QED) is 0.844. The molecule has 0 bridgehead atoms. The predicted octanol–water partition coefficient (Wildman–Crippen LogP) is 1.83. The van der Waals surface area contributed by atoms with Gasteiger partial charge in [0.1, 0.15) is 5.82 Å². The van der Waals surface area contributed by atoms with Crippen molar-refractivity contribution in [2.24, 2.45) is 0 Å². The molecule has 1 aliphatic rings. The number of nitrogens with zero attached hydrogens (tertiary/aromatic N) is 1. The van der Waals surface area contributed by atoms with Gasteiger partial charge in [-0.15, -0.1) is 0 Å². The van der Waals surface area contributed by atoms with Crippen LogP contribution in [0.5, 0.6) is 0 Å². The van der Waals surface area contributed by atoms with Crippen molar-refractivity contribution in [2.75, 3.05) is 19.6 Å². The van der Waals surface area contributed by atoms with Gasteiger partial charge in [-0.1, -0.05) is 0 Å². The van der Waals surface area contributed by atoms with Gasteiger partial charge >= 0.3 is 6.18 Å². The van der Waals surface area contributed by atoms with Gasteiger partial charge in [0.2, 0.25) is 10.0 Å². The SMILES string of the molecule is CC1CNCCN1S(=O)(=O)c1ccc(F)cc1C(F)(F)F.